The number of carbonyl (C=O) groups is 1. The maximum absolute atomic E-state index is 12.0. The minimum absolute atomic E-state index is 0.273. The van der Waals surface area contributed by atoms with Crippen LogP contribution in [0, 0.1) is 0 Å². The molecule has 5 nitrogen and oxygen atoms in total. The van der Waals surface area contributed by atoms with E-state index in [2.05, 4.69) is 15.5 Å². The van der Waals surface area contributed by atoms with E-state index >= 15 is 0 Å². The molecule has 3 aromatic rings. The standard InChI is InChI=1S/C13H11N3O2S/c1-2-11-15-16-13(19-11)14-12(17)10-7-8-5-3-4-6-9(8)18-10/h3-7H,2H2,1H3,(H,14,16,17). The van der Waals surface area contributed by atoms with Gasteiger partial charge in [-0.1, -0.05) is 36.5 Å². The predicted molar refractivity (Wildman–Crippen MR) is 73.5 cm³/mol. The predicted octanol–water partition coefficient (Wildman–Crippen LogP) is 3.10. The lowest BCUT2D eigenvalue weighted by Crippen LogP contribution is -2.10. The summed E-state index contributed by atoms with van der Waals surface area (Å²) in [6, 6.07) is 9.21. The number of carbonyl (C=O) groups excluding carboxylic acids is 1. The van der Waals surface area contributed by atoms with Crippen LogP contribution in [0.2, 0.25) is 0 Å². The second-order valence-corrected chi connectivity index (χ2v) is 5.02. The first-order valence-corrected chi connectivity index (χ1v) is 6.70. The van der Waals surface area contributed by atoms with Crippen molar-refractivity contribution in [1.82, 2.24) is 10.2 Å². The van der Waals surface area contributed by atoms with Crippen molar-refractivity contribution in [3.8, 4) is 0 Å². The van der Waals surface area contributed by atoms with Gasteiger partial charge < -0.3 is 4.42 Å². The Morgan fingerprint density at radius 3 is 2.95 bits per heavy atom. The molecular weight excluding hydrogens is 262 g/mol. The van der Waals surface area contributed by atoms with E-state index in [1.807, 2.05) is 31.2 Å². The van der Waals surface area contributed by atoms with E-state index in [4.69, 9.17) is 4.42 Å². The van der Waals surface area contributed by atoms with Gasteiger partial charge in [0.1, 0.15) is 10.6 Å². The molecule has 0 fully saturated rings. The van der Waals surface area contributed by atoms with E-state index in [0.29, 0.717) is 10.7 Å². The second kappa shape index (κ2) is 4.81. The van der Waals surface area contributed by atoms with Crippen LogP contribution < -0.4 is 5.32 Å². The van der Waals surface area contributed by atoms with E-state index in [9.17, 15) is 4.79 Å². The summed E-state index contributed by atoms with van der Waals surface area (Å²) >= 11 is 1.37. The Labute approximate surface area is 113 Å². The van der Waals surface area contributed by atoms with Crippen LogP contribution in [0.25, 0.3) is 11.0 Å². The number of aryl methyl sites for hydroxylation is 1. The lowest BCUT2D eigenvalue weighted by Gasteiger charge is -1.95. The molecule has 1 amide bonds. The van der Waals surface area contributed by atoms with Gasteiger partial charge in [-0.05, 0) is 18.6 Å². The number of aromatic nitrogens is 2. The molecule has 0 bridgehead atoms. The normalized spacial score (nSPS) is 10.8. The van der Waals surface area contributed by atoms with E-state index in [-0.39, 0.29) is 11.7 Å². The van der Waals surface area contributed by atoms with Crippen molar-refractivity contribution in [2.75, 3.05) is 5.32 Å². The molecule has 1 aromatic carbocycles. The van der Waals surface area contributed by atoms with Crippen molar-refractivity contribution in [1.29, 1.82) is 0 Å². The Bertz CT molecular complexity index is 699. The van der Waals surface area contributed by atoms with Gasteiger partial charge in [0.2, 0.25) is 5.13 Å². The van der Waals surface area contributed by atoms with Crippen molar-refractivity contribution >= 4 is 33.3 Å². The Morgan fingerprint density at radius 2 is 2.21 bits per heavy atom. The molecule has 0 atom stereocenters. The average molecular weight is 273 g/mol. The number of hydrogen-bond acceptors (Lipinski definition) is 5. The zero-order valence-corrected chi connectivity index (χ0v) is 11.0. The fourth-order valence-electron chi connectivity index (χ4n) is 1.70. The van der Waals surface area contributed by atoms with Crippen LogP contribution in [0.3, 0.4) is 0 Å². The molecule has 6 heteroatoms. The maximum atomic E-state index is 12.0. The average Bonchev–Trinajstić information content (AvgIpc) is 3.04. The van der Waals surface area contributed by atoms with Gasteiger partial charge in [-0.3, -0.25) is 10.1 Å². The largest absolute Gasteiger partial charge is 0.451 e. The summed E-state index contributed by atoms with van der Waals surface area (Å²) in [5.41, 5.74) is 0.694. The number of nitrogens with zero attached hydrogens (tertiary/aromatic N) is 2. The molecule has 1 N–H and O–H groups in total. The summed E-state index contributed by atoms with van der Waals surface area (Å²) in [5, 5.41) is 12.8. The third-order valence-electron chi connectivity index (χ3n) is 2.64. The highest BCUT2D eigenvalue weighted by Crippen LogP contribution is 2.21. The summed E-state index contributed by atoms with van der Waals surface area (Å²) in [5.74, 6) is -0.0375. The summed E-state index contributed by atoms with van der Waals surface area (Å²) in [7, 11) is 0. The molecule has 0 aliphatic heterocycles. The van der Waals surface area contributed by atoms with Gasteiger partial charge in [-0.2, -0.15) is 0 Å². The number of furan rings is 1. The first-order valence-electron chi connectivity index (χ1n) is 5.88. The highest BCUT2D eigenvalue weighted by atomic mass is 32.1. The molecule has 0 spiro atoms. The lowest BCUT2D eigenvalue weighted by molar-refractivity contribution is 0.0998. The second-order valence-electron chi connectivity index (χ2n) is 3.96. The molecule has 0 unspecified atom stereocenters. The first-order chi connectivity index (χ1) is 9.26. The Kier molecular flexibility index (Phi) is 3.00. The monoisotopic (exact) mass is 273 g/mol. The van der Waals surface area contributed by atoms with E-state index in [1.165, 1.54) is 11.3 Å². The SMILES string of the molecule is CCc1nnc(NC(=O)c2cc3ccccc3o2)s1. The molecule has 0 saturated carbocycles. The summed E-state index contributed by atoms with van der Waals surface area (Å²) < 4.78 is 5.48. The highest BCUT2D eigenvalue weighted by Gasteiger charge is 2.14. The van der Waals surface area contributed by atoms with Crippen molar-refractivity contribution in [3.63, 3.8) is 0 Å². The number of nitrogens with one attached hydrogen (secondary N) is 1. The third-order valence-corrected chi connectivity index (χ3v) is 3.62. The van der Waals surface area contributed by atoms with Crippen LogP contribution in [0.4, 0.5) is 5.13 Å². The molecule has 0 saturated heterocycles. The van der Waals surface area contributed by atoms with Crippen LogP contribution in [0.1, 0.15) is 22.5 Å². The summed E-state index contributed by atoms with van der Waals surface area (Å²) in [6.07, 6.45) is 0.804. The zero-order chi connectivity index (χ0) is 13.2. The number of para-hydroxylation sites is 1. The van der Waals surface area contributed by atoms with E-state index < -0.39 is 0 Å². The van der Waals surface area contributed by atoms with Gasteiger partial charge in [-0.15, -0.1) is 10.2 Å². The quantitative estimate of drug-likeness (QED) is 0.796. The van der Waals surface area contributed by atoms with Crippen molar-refractivity contribution < 1.29 is 9.21 Å². The third kappa shape index (κ3) is 2.34. The number of hydrogen-bond donors (Lipinski definition) is 1. The molecular formula is C13H11N3O2S. The highest BCUT2D eigenvalue weighted by molar-refractivity contribution is 7.15. The van der Waals surface area contributed by atoms with Gasteiger partial charge in [-0.25, -0.2) is 0 Å². The Hall–Kier alpha value is -2.21. The van der Waals surface area contributed by atoms with Gasteiger partial charge in [0.25, 0.3) is 5.91 Å². The summed E-state index contributed by atoms with van der Waals surface area (Å²) in [4.78, 5) is 12.0. The molecule has 2 heterocycles. The zero-order valence-electron chi connectivity index (χ0n) is 10.2. The van der Waals surface area contributed by atoms with Crippen molar-refractivity contribution in [2.45, 2.75) is 13.3 Å². The smallest absolute Gasteiger partial charge is 0.293 e. The topological polar surface area (TPSA) is 68.0 Å². The van der Waals surface area contributed by atoms with Gasteiger partial charge in [0.15, 0.2) is 5.76 Å². The lowest BCUT2D eigenvalue weighted by atomic mass is 10.2. The van der Waals surface area contributed by atoms with E-state index in [0.717, 1.165) is 16.8 Å². The van der Waals surface area contributed by atoms with Crippen LogP contribution in [0.5, 0.6) is 0 Å². The number of fused-ring (bicyclic) bond motifs is 1. The Balaban J connectivity index is 1.83. The van der Waals surface area contributed by atoms with Crippen molar-refractivity contribution in [2.24, 2.45) is 0 Å². The van der Waals surface area contributed by atoms with Gasteiger partial charge in [0, 0.05) is 5.39 Å². The molecule has 0 radical (unpaired) electrons. The fraction of sp³-hybridized carbons (Fsp3) is 0.154. The first kappa shape index (κ1) is 11.9. The fourth-order valence-corrected chi connectivity index (χ4v) is 2.37. The summed E-state index contributed by atoms with van der Waals surface area (Å²) in [6.45, 7) is 1.99. The van der Waals surface area contributed by atoms with E-state index in [1.54, 1.807) is 6.07 Å². The van der Waals surface area contributed by atoms with Crippen molar-refractivity contribution in [3.05, 3.63) is 41.1 Å². The minimum Gasteiger partial charge on any atom is -0.451 e. The van der Waals surface area contributed by atoms with Crippen LogP contribution in [0.15, 0.2) is 34.7 Å². The number of anilines is 1. The maximum Gasteiger partial charge on any atom is 0.293 e. The number of rotatable bonds is 3. The molecule has 2 aromatic heterocycles. The number of amides is 1. The minimum atomic E-state index is -0.310. The van der Waals surface area contributed by atoms with Gasteiger partial charge in [0.05, 0.1) is 0 Å². The van der Waals surface area contributed by atoms with Crippen LogP contribution in [-0.2, 0) is 6.42 Å². The molecule has 3 rings (SSSR count). The molecule has 19 heavy (non-hydrogen) atoms. The molecule has 96 valence electrons. The van der Waals surface area contributed by atoms with Crippen LogP contribution >= 0.6 is 11.3 Å². The van der Waals surface area contributed by atoms with Crippen LogP contribution in [-0.4, -0.2) is 16.1 Å². The van der Waals surface area contributed by atoms with Gasteiger partial charge >= 0.3 is 0 Å². The molecule has 0 aliphatic rings. The Morgan fingerprint density at radius 1 is 1.37 bits per heavy atom. The number of benzene rings is 1. The molecule has 0 aliphatic carbocycles.